The van der Waals surface area contributed by atoms with Crippen LogP contribution in [0.25, 0.3) is 0 Å². The highest BCUT2D eigenvalue weighted by Gasteiger charge is 2.22. The lowest BCUT2D eigenvalue weighted by Gasteiger charge is -2.08. The van der Waals surface area contributed by atoms with Crippen molar-refractivity contribution in [2.24, 2.45) is 0 Å². The van der Waals surface area contributed by atoms with Crippen LogP contribution in [0.3, 0.4) is 0 Å². The summed E-state index contributed by atoms with van der Waals surface area (Å²) in [5.41, 5.74) is 0.832. The number of ether oxygens (including phenoxy) is 1. The minimum Gasteiger partial charge on any atom is -0.479 e. The molecule has 34 heavy (non-hydrogen) atoms. The normalized spacial score (nSPS) is 11.0. The summed E-state index contributed by atoms with van der Waals surface area (Å²) in [6.07, 6.45) is 1.65. The molecule has 0 radical (unpaired) electrons. The van der Waals surface area contributed by atoms with Crippen LogP contribution >= 0.6 is 27.5 Å². The van der Waals surface area contributed by atoms with Crippen molar-refractivity contribution in [1.82, 2.24) is 9.78 Å². The molecule has 0 fully saturated rings. The van der Waals surface area contributed by atoms with Gasteiger partial charge in [-0.2, -0.15) is 13.9 Å². The quantitative estimate of drug-likeness (QED) is 0.213. The van der Waals surface area contributed by atoms with Crippen LogP contribution in [-0.2, 0) is 13.2 Å². The van der Waals surface area contributed by atoms with Gasteiger partial charge in [-0.1, -0.05) is 29.8 Å². The number of amides is 1. The molecule has 0 aliphatic rings. The van der Waals surface area contributed by atoms with Crippen molar-refractivity contribution < 1.29 is 31.5 Å². The van der Waals surface area contributed by atoms with E-state index in [0.29, 0.717) is 16.0 Å². The zero-order valence-electron chi connectivity index (χ0n) is 16.9. The Bertz CT molecular complexity index is 1350. The van der Waals surface area contributed by atoms with Crippen molar-refractivity contribution in [3.8, 4) is 5.75 Å². The predicted octanol–water partition coefficient (Wildman–Crippen LogP) is 6.33. The van der Waals surface area contributed by atoms with Gasteiger partial charge in [0.15, 0.2) is 29.0 Å². The largest absolute Gasteiger partial charge is 0.479 e. The summed E-state index contributed by atoms with van der Waals surface area (Å²) in [7, 11) is 0. The Morgan fingerprint density at radius 3 is 2.53 bits per heavy atom. The first-order chi connectivity index (χ1) is 16.2. The molecule has 0 aliphatic heterocycles. The van der Waals surface area contributed by atoms with E-state index >= 15 is 0 Å². The number of benzene rings is 2. The lowest BCUT2D eigenvalue weighted by Crippen LogP contribution is -2.12. The maximum atomic E-state index is 13.7. The molecule has 6 nitrogen and oxygen atoms in total. The SMILES string of the molecule is O=C(Nc1nn(Cc2ccccc2Cl)cc1Br)c1ccc(COc2c(F)c(F)cc(F)c2F)o1. The summed E-state index contributed by atoms with van der Waals surface area (Å²) in [6, 6.07) is 9.92. The number of carbonyl (C=O) groups excluding carboxylic acids is 1. The van der Waals surface area contributed by atoms with Crippen molar-refractivity contribution in [2.45, 2.75) is 13.2 Å². The number of hydrogen-bond acceptors (Lipinski definition) is 4. The number of carbonyl (C=O) groups is 1. The molecule has 1 amide bonds. The molecular formula is C22H13BrClF4N3O3. The summed E-state index contributed by atoms with van der Waals surface area (Å²) in [5.74, 6) is -8.42. The Balaban J connectivity index is 1.42. The topological polar surface area (TPSA) is 69.3 Å². The lowest BCUT2D eigenvalue weighted by molar-refractivity contribution is 0.0991. The Morgan fingerprint density at radius 2 is 1.82 bits per heavy atom. The third-order valence-corrected chi connectivity index (χ3v) is 5.50. The fourth-order valence-corrected chi connectivity index (χ4v) is 3.54. The number of nitrogens with zero attached hydrogens (tertiary/aromatic N) is 2. The molecule has 4 aromatic rings. The first kappa shape index (κ1) is 23.8. The van der Waals surface area contributed by atoms with Gasteiger partial charge in [-0.25, -0.2) is 8.78 Å². The smallest absolute Gasteiger partial charge is 0.292 e. The van der Waals surface area contributed by atoms with Gasteiger partial charge in [0.2, 0.25) is 11.6 Å². The summed E-state index contributed by atoms with van der Waals surface area (Å²) in [6.45, 7) is -0.218. The third-order valence-electron chi connectivity index (χ3n) is 4.55. The van der Waals surface area contributed by atoms with Crippen molar-refractivity contribution in [3.63, 3.8) is 0 Å². The van der Waals surface area contributed by atoms with Crippen LogP contribution < -0.4 is 10.1 Å². The van der Waals surface area contributed by atoms with Gasteiger partial charge < -0.3 is 14.5 Å². The minimum atomic E-state index is -1.68. The fourth-order valence-electron chi connectivity index (χ4n) is 2.93. The van der Waals surface area contributed by atoms with Gasteiger partial charge in [-0.15, -0.1) is 0 Å². The molecule has 2 heterocycles. The Kier molecular flexibility index (Phi) is 6.94. The Morgan fingerprint density at radius 1 is 1.12 bits per heavy atom. The van der Waals surface area contributed by atoms with Crippen LogP contribution in [0.15, 0.2) is 57.6 Å². The van der Waals surface area contributed by atoms with Gasteiger partial charge >= 0.3 is 0 Å². The van der Waals surface area contributed by atoms with Crippen molar-refractivity contribution in [1.29, 1.82) is 0 Å². The second kappa shape index (κ2) is 9.90. The second-order valence-electron chi connectivity index (χ2n) is 6.92. The third kappa shape index (κ3) is 5.10. The number of aromatic nitrogens is 2. The summed E-state index contributed by atoms with van der Waals surface area (Å²) >= 11 is 9.48. The van der Waals surface area contributed by atoms with Gasteiger partial charge in [0.1, 0.15) is 12.4 Å². The van der Waals surface area contributed by atoms with E-state index in [1.807, 2.05) is 18.2 Å². The molecular weight excluding hydrogens is 546 g/mol. The molecule has 2 aromatic heterocycles. The van der Waals surface area contributed by atoms with Gasteiger partial charge in [0.25, 0.3) is 5.91 Å². The molecule has 0 saturated heterocycles. The average Bonchev–Trinajstić information content (AvgIpc) is 3.41. The van der Waals surface area contributed by atoms with Crippen molar-refractivity contribution in [3.05, 3.63) is 98.5 Å². The first-order valence-corrected chi connectivity index (χ1v) is 10.7. The van der Waals surface area contributed by atoms with Crippen LogP contribution in [-0.4, -0.2) is 15.7 Å². The van der Waals surface area contributed by atoms with E-state index in [1.165, 1.54) is 12.1 Å². The van der Waals surface area contributed by atoms with Gasteiger partial charge in [0, 0.05) is 17.3 Å². The molecule has 2 aromatic carbocycles. The zero-order chi connectivity index (χ0) is 24.4. The highest BCUT2D eigenvalue weighted by molar-refractivity contribution is 9.10. The van der Waals surface area contributed by atoms with E-state index in [2.05, 4.69) is 26.3 Å². The summed E-state index contributed by atoms with van der Waals surface area (Å²) < 4.78 is 66.2. The Labute approximate surface area is 203 Å². The number of hydrogen-bond donors (Lipinski definition) is 1. The van der Waals surface area contributed by atoms with Crippen LogP contribution in [0.2, 0.25) is 5.02 Å². The maximum absolute atomic E-state index is 13.7. The zero-order valence-corrected chi connectivity index (χ0v) is 19.3. The molecule has 176 valence electrons. The molecule has 0 bridgehead atoms. The number of nitrogens with one attached hydrogen (secondary N) is 1. The highest BCUT2D eigenvalue weighted by atomic mass is 79.9. The van der Waals surface area contributed by atoms with Crippen molar-refractivity contribution in [2.75, 3.05) is 5.32 Å². The lowest BCUT2D eigenvalue weighted by atomic mass is 10.2. The average molecular weight is 559 g/mol. The van der Waals surface area contributed by atoms with E-state index in [0.717, 1.165) is 5.56 Å². The van der Waals surface area contributed by atoms with Gasteiger partial charge in [0.05, 0.1) is 11.0 Å². The van der Waals surface area contributed by atoms with E-state index in [9.17, 15) is 22.4 Å². The summed E-state index contributed by atoms with van der Waals surface area (Å²) in [5, 5.41) is 7.43. The minimum absolute atomic E-state index is 0.0167. The Hall–Kier alpha value is -3.31. The molecule has 1 N–H and O–H groups in total. The monoisotopic (exact) mass is 557 g/mol. The standard InChI is InChI=1S/C22H13BrClF4N3O3/c23-13-9-31(8-11-3-1-2-4-14(11)24)30-21(13)29-22(32)17-6-5-12(34-17)10-33-20-18(27)15(25)7-16(26)19(20)28/h1-7,9H,8,10H2,(H,29,30,32). The molecule has 4 rings (SSSR count). The van der Waals surface area contributed by atoms with E-state index in [-0.39, 0.29) is 23.4 Å². The van der Waals surface area contributed by atoms with E-state index in [4.69, 9.17) is 20.8 Å². The molecule has 0 aliphatic carbocycles. The van der Waals surface area contributed by atoms with Crippen LogP contribution in [0, 0.1) is 23.3 Å². The number of furan rings is 1. The van der Waals surface area contributed by atoms with Gasteiger partial charge in [-0.05, 0) is 39.7 Å². The van der Waals surface area contributed by atoms with Crippen molar-refractivity contribution >= 4 is 39.3 Å². The first-order valence-electron chi connectivity index (χ1n) is 9.55. The number of halogens is 6. The summed E-state index contributed by atoms with van der Waals surface area (Å²) in [4.78, 5) is 12.5. The van der Waals surface area contributed by atoms with E-state index in [1.54, 1.807) is 16.9 Å². The van der Waals surface area contributed by atoms with Crippen LogP contribution in [0.1, 0.15) is 21.9 Å². The highest BCUT2D eigenvalue weighted by Crippen LogP contribution is 2.28. The van der Waals surface area contributed by atoms with Gasteiger partial charge in [-0.3, -0.25) is 9.48 Å². The number of anilines is 1. The van der Waals surface area contributed by atoms with Crippen LogP contribution in [0.4, 0.5) is 23.4 Å². The predicted molar refractivity (Wildman–Crippen MR) is 118 cm³/mol. The maximum Gasteiger partial charge on any atom is 0.292 e. The molecule has 0 unspecified atom stereocenters. The van der Waals surface area contributed by atoms with E-state index < -0.39 is 41.5 Å². The fraction of sp³-hybridized carbons (Fsp3) is 0.0909. The molecule has 0 saturated carbocycles. The molecule has 12 heteroatoms. The molecule has 0 spiro atoms. The molecule has 0 atom stereocenters. The number of rotatable bonds is 7. The second-order valence-corrected chi connectivity index (χ2v) is 8.18. The van der Waals surface area contributed by atoms with Crippen LogP contribution in [0.5, 0.6) is 5.75 Å².